The maximum atomic E-state index is 15.6. The third-order valence-corrected chi connectivity index (χ3v) is 7.85. The number of benzene rings is 2. The van der Waals surface area contributed by atoms with Gasteiger partial charge < -0.3 is 20.1 Å². The molecule has 2 amide bonds. The van der Waals surface area contributed by atoms with Gasteiger partial charge >= 0.3 is 6.09 Å². The van der Waals surface area contributed by atoms with Crippen molar-refractivity contribution in [3.63, 3.8) is 0 Å². The minimum absolute atomic E-state index is 0.105. The van der Waals surface area contributed by atoms with Gasteiger partial charge in [0, 0.05) is 49.1 Å². The molecule has 8 heteroatoms. The number of aryl methyl sites for hydroxylation is 1. The number of pyridine rings is 1. The lowest BCUT2D eigenvalue weighted by atomic mass is 9.71. The highest BCUT2D eigenvalue weighted by atomic mass is 19.1. The van der Waals surface area contributed by atoms with Gasteiger partial charge in [0.1, 0.15) is 5.82 Å². The highest BCUT2D eigenvalue weighted by molar-refractivity contribution is 5.94. The Morgan fingerprint density at radius 3 is 2.67 bits per heavy atom. The number of hydrogen-bond donors (Lipinski definition) is 2. The maximum Gasteiger partial charge on any atom is 0.406 e. The van der Waals surface area contributed by atoms with Crippen molar-refractivity contribution in [2.75, 3.05) is 26.7 Å². The van der Waals surface area contributed by atoms with E-state index in [0.29, 0.717) is 62.0 Å². The number of rotatable bonds is 10. The van der Waals surface area contributed by atoms with Crippen LogP contribution < -0.4 is 5.32 Å². The molecule has 2 N–H and O–H groups in total. The Morgan fingerprint density at radius 2 is 1.93 bits per heavy atom. The summed E-state index contributed by atoms with van der Waals surface area (Å²) in [5.74, 6) is -0.806. The predicted molar refractivity (Wildman–Crippen MR) is 152 cm³/mol. The Morgan fingerprint density at radius 1 is 1.15 bits per heavy atom. The number of amides is 2. The van der Waals surface area contributed by atoms with Crippen LogP contribution in [0, 0.1) is 11.7 Å². The van der Waals surface area contributed by atoms with Crippen molar-refractivity contribution >= 4 is 12.0 Å². The number of ether oxygens (including phenoxy) is 1. The lowest BCUT2D eigenvalue weighted by Gasteiger charge is -2.43. The van der Waals surface area contributed by atoms with Crippen LogP contribution in [0.2, 0.25) is 0 Å². The van der Waals surface area contributed by atoms with Gasteiger partial charge in [-0.15, -0.1) is 0 Å². The molecule has 4 rings (SSSR count). The fraction of sp³-hybridized carbons (Fsp3) is 0.406. The van der Waals surface area contributed by atoms with Crippen molar-refractivity contribution in [2.45, 2.75) is 51.0 Å². The van der Waals surface area contributed by atoms with Gasteiger partial charge in [-0.2, -0.15) is 0 Å². The van der Waals surface area contributed by atoms with Gasteiger partial charge in [0.15, 0.2) is 0 Å². The monoisotopic (exact) mass is 547 g/mol. The molecule has 2 heterocycles. The largest absolute Gasteiger partial charge is 0.453 e. The Bertz CT molecular complexity index is 1300. The van der Waals surface area contributed by atoms with Crippen molar-refractivity contribution in [1.29, 1.82) is 0 Å². The molecule has 0 aliphatic carbocycles. The number of nitrogens with one attached hydrogen (secondary N) is 1. The number of halogens is 1. The van der Waals surface area contributed by atoms with Crippen LogP contribution in [-0.4, -0.2) is 53.7 Å². The quantitative estimate of drug-likeness (QED) is 0.317. The fourth-order valence-corrected chi connectivity index (χ4v) is 5.69. The number of carbonyl (C=O) groups is 2. The Labute approximate surface area is 235 Å². The average molecular weight is 548 g/mol. The summed E-state index contributed by atoms with van der Waals surface area (Å²) in [6, 6.07) is 16.0. The first-order valence-corrected chi connectivity index (χ1v) is 14.0. The molecule has 0 bridgehead atoms. The molecule has 1 aliphatic heterocycles. The van der Waals surface area contributed by atoms with E-state index in [1.54, 1.807) is 35.5 Å². The molecule has 7 nitrogen and oxygen atoms in total. The second kappa shape index (κ2) is 13.5. The van der Waals surface area contributed by atoms with Gasteiger partial charge in [0.2, 0.25) is 0 Å². The minimum Gasteiger partial charge on any atom is -0.453 e. The van der Waals surface area contributed by atoms with Crippen molar-refractivity contribution in [3.8, 4) is 11.1 Å². The van der Waals surface area contributed by atoms with Crippen LogP contribution in [0.15, 0.2) is 67.0 Å². The predicted octanol–water partition coefficient (Wildman–Crippen LogP) is 5.72. The van der Waals surface area contributed by atoms with E-state index < -0.39 is 17.5 Å². The van der Waals surface area contributed by atoms with Crippen molar-refractivity contribution < 1.29 is 23.8 Å². The van der Waals surface area contributed by atoms with Crippen molar-refractivity contribution in [2.24, 2.45) is 5.92 Å². The first kappa shape index (κ1) is 29.2. The number of carbonyl (C=O) groups excluding carboxylic acids is 2. The summed E-state index contributed by atoms with van der Waals surface area (Å²) in [5, 5.41) is 15.3. The average Bonchev–Trinajstić information content (AvgIpc) is 3.00. The lowest BCUT2D eigenvalue weighted by molar-refractivity contribution is -0.0568. The first-order chi connectivity index (χ1) is 19.4. The molecule has 40 heavy (non-hydrogen) atoms. The Kier molecular flexibility index (Phi) is 9.88. The number of methoxy groups -OCH3 is 1. The molecule has 1 aromatic heterocycles. The second-order valence-electron chi connectivity index (χ2n) is 10.3. The Balaban J connectivity index is 1.69. The smallest absolute Gasteiger partial charge is 0.406 e. The first-order valence-electron chi connectivity index (χ1n) is 14.0. The van der Waals surface area contributed by atoms with Crippen molar-refractivity contribution in [1.82, 2.24) is 15.2 Å². The van der Waals surface area contributed by atoms with E-state index in [1.165, 1.54) is 13.2 Å². The number of aromatic nitrogens is 1. The summed E-state index contributed by atoms with van der Waals surface area (Å²) < 4.78 is 20.3. The number of hydrogen-bond acceptors (Lipinski definition) is 5. The molecule has 0 radical (unpaired) electrons. The van der Waals surface area contributed by atoms with E-state index >= 15 is 4.39 Å². The van der Waals surface area contributed by atoms with Gasteiger partial charge in [-0.3, -0.25) is 9.78 Å². The van der Waals surface area contributed by atoms with Crippen LogP contribution in [0.25, 0.3) is 11.1 Å². The van der Waals surface area contributed by atoms with E-state index in [1.807, 2.05) is 30.3 Å². The molecular formula is C32H38FN3O4. The van der Waals surface area contributed by atoms with Crippen LogP contribution in [0.5, 0.6) is 0 Å². The van der Waals surface area contributed by atoms with Crippen molar-refractivity contribution in [3.05, 3.63) is 89.5 Å². The molecule has 1 fully saturated rings. The zero-order chi connectivity index (χ0) is 28.5. The number of unbranched alkanes of at least 4 members (excludes halogenated alkanes) is 1. The molecule has 1 aliphatic rings. The summed E-state index contributed by atoms with van der Waals surface area (Å²) >= 11 is 0. The topological polar surface area (TPSA) is 91.8 Å². The number of aliphatic hydroxyl groups is 1. The second-order valence-corrected chi connectivity index (χ2v) is 10.3. The van der Waals surface area contributed by atoms with Crippen LogP contribution >= 0.6 is 0 Å². The minimum atomic E-state index is -1.40. The highest BCUT2D eigenvalue weighted by Gasteiger charge is 2.43. The van der Waals surface area contributed by atoms with Crippen LogP contribution in [0.1, 0.15) is 60.5 Å². The third-order valence-electron chi connectivity index (χ3n) is 7.85. The van der Waals surface area contributed by atoms with Crippen LogP contribution in [-0.2, 0) is 16.8 Å². The lowest BCUT2D eigenvalue weighted by Crippen LogP contribution is -2.48. The zero-order valence-electron chi connectivity index (χ0n) is 23.2. The maximum absolute atomic E-state index is 15.6. The number of alkyl carbamates (subject to hydrolysis) is 1. The van der Waals surface area contributed by atoms with E-state index in [4.69, 9.17) is 0 Å². The molecule has 1 saturated heterocycles. The standard InChI is InChI=1S/C32H38FN3O4/c1-3-23-9-6-10-25(21-23)29-27(12-7-13-28(29)33)32(39,16-4-5-17-35-31(38)40-2)26-11-8-20-36(22-26)30(37)24-14-18-34-19-15-24/h6-7,9-10,12-15,18-19,21,26,39H,3-5,8,11,16-17,20,22H2,1-2H3,(H,35,38)/t26-,32+/m1/s1. The van der Waals surface area contributed by atoms with Gasteiger partial charge in [-0.25, -0.2) is 9.18 Å². The molecule has 0 unspecified atom stereocenters. The molecule has 2 aromatic carbocycles. The normalized spacial score (nSPS) is 16.7. The summed E-state index contributed by atoms with van der Waals surface area (Å²) in [5.41, 5.74) is 1.88. The summed E-state index contributed by atoms with van der Waals surface area (Å²) in [6.45, 7) is 3.39. The van der Waals surface area contributed by atoms with Gasteiger partial charge in [-0.1, -0.05) is 43.3 Å². The number of piperidine rings is 1. The van der Waals surface area contributed by atoms with Gasteiger partial charge in [0.25, 0.3) is 5.91 Å². The van der Waals surface area contributed by atoms with E-state index in [2.05, 4.69) is 22.0 Å². The highest BCUT2D eigenvalue weighted by Crippen LogP contribution is 2.44. The zero-order valence-corrected chi connectivity index (χ0v) is 23.2. The molecule has 0 saturated carbocycles. The summed E-state index contributed by atoms with van der Waals surface area (Å²) in [4.78, 5) is 30.6. The van der Waals surface area contributed by atoms with Gasteiger partial charge in [-0.05, 0) is 73.4 Å². The summed E-state index contributed by atoms with van der Waals surface area (Å²) in [6.07, 6.45) is 6.46. The number of nitrogens with zero attached hydrogens (tertiary/aromatic N) is 2. The molecule has 3 aromatic rings. The molecule has 212 valence electrons. The SMILES string of the molecule is CCc1cccc(-c2c(F)cccc2[C@](O)(CCCCNC(=O)OC)[C@@H]2CCCN(C(=O)c3ccncc3)C2)c1. The fourth-order valence-electron chi connectivity index (χ4n) is 5.69. The molecule has 0 spiro atoms. The van der Waals surface area contributed by atoms with E-state index in [9.17, 15) is 14.7 Å². The number of likely N-dealkylation sites (tertiary alicyclic amines) is 1. The van der Waals surface area contributed by atoms with Crippen LogP contribution in [0.3, 0.4) is 0 Å². The summed E-state index contributed by atoms with van der Waals surface area (Å²) in [7, 11) is 1.31. The van der Waals surface area contributed by atoms with Gasteiger partial charge in [0.05, 0.1) is 12.7 Å². The van der Waals surface area contributed by atoms with E-state index in [0.717, 1.165) is 24.0 Å². The Hall–Kier alpha value is -3.78. The molecular weight excluding hydrogens is 509 g/mol. The third kappa shape index (κ3) is 6.67. The van der Waals surface area contributed by atoms with E-state index in [-0.39, 0.29) is 11.8 Å². The van der Waals surface area contributed by atoms with Crippen LogP contribution in [0.4, 0.5) is 9.18 Å². The molecule has 2 atom stereocenters.